The van der Waals surface area contributed by atoms with Crippen LogP contribution in [0, 0.1) is 11.8 Å². The highest BCUT2D eigenvalue weighted by Crippen LogP contribution is 2.38. The van der Waals surface area contributed by atoms with Gasteiger partial charge in [0.2, 0.25) is 0 Å². The Balaban J connectivity index is 2.12. The summed E-state index contributed by atoms with van der Waals surface area (Å²) in [5.41, 5.74) is 8.03. The molecule has 2 N–H and O–H groups in total. The Morgan fingerprint density at radius 2 is 2.21 bits per heavy atom. The van der Waals surface area contributed by atoms with Gasteiger partial charge in [-0.2, -0.15) is 0 Å². The fraction of sp³-hybridized carbons (Fsp3) is 0.500. The van der Waals surface area contributed by atoms with Crippen LogP contribution in [0.2, 0.25) is 0 Å². The molecule has 0 bridgehead atoms. The molecule has 1 nitrogen and oxygen atoms in total. The third-order valence-corrected chi connectivity index (χ3v) is 4.29. The predicted molar refractivity (Wildman–Crippen MR) is 63.8 cm³/mol. The Kier molecular flexibility index (Phi) is 2.73. The van der Waals surface area contributed by atoms with Crippen molar-refractivity contribution in [2.45, 2.75) is 20.3 Å². The largest absolute Gasteiger partial charge is 0.399 e. The molecule has 0 saturated carbocycles. The van der Waals surface area contributed by atoms with Gasteiger partial charge < -0.3 is 5.73 Å². The van der Waals surface area contributed by atoms with Crippen LogP contribution >= 0.6 is 11.8 Å². The van der Waals surface area contributed by atoms with Gasteiger partial charge in [-0.25, -0.2) is 0 Å². The highest BCUT2D eigenvalue weighted by atomic mass is 32.2. The van der Waals surface area contributed by atoms with Crippen molar-refractivity contribution in [2.75, 3.05) is 5.75 Å². The SMILES string of the molecule is CC1=CC(C2=CC(C)CS2)CC=C1N. The molecule has 2 atom stereocenters. The topological polar surface area (TPSA) is 26.0 Å². The molecular weight excluding hydrogens is 190 g/mol. The van der Waals surface area contributed by atoms with Crippen LogP contribution in [-0.2, 0) is 0 Å². The second-order valence-electron chi connectivity index (χ2n) is 4.21. The minimum absolute atomic E-state index is 0.595. The minimum atomic E-state index is 0.595. The van der Waals surface area contributed by atoms with Crippen molar-refractivity contribution in [1.82, 2.24) is 0 Å². The molecule has 0 radical (unpaired) electrons. The quantitative estimate of drug-likeness (QED) is 0.715. The molecule has 1 heterocycles. The van der Waals surface area contributed by atoms with Gasteiger partial charge in [-0.05, 0) is 29.7 Å². The first-order valence-electron chi connectivity index (χ1n) is 5.15. The Bertz CT molecular complexity index is 325. The summed E-state index contributed by atoms with van der Waals surface area (Å²) in [6.07, 6.45) is 7.96. The molecule has 2 unspecified atom stereocenters. The molecule has 14 heavy (non-hydrogen) atoms. The van der Waals surface area contributed by atoms with E-state index in [2.05, 4.69) is 32.1 Å². The zero-order valence-corrected chi connectivity index (χ0v) is 9.60. The van der Waals surface area contributed by atoms with Gasteiger partial charge in [0.1, 0.15) is 0 Å². The molecule has 0 aromatic heterocycles. The van der Waals surface area contributed by atoms with Crippen LogP contribution in [0.15, 0.2) is 34.4 Å². The van der Waals surface area contributed by atoms with Crippen molar-refractivity contribution < 1.29 is 0 Å². The van der Waals surface area contributed by atoms with E-state index in [0.717, 1.165) is 18.0 Å². The van der Waals surface area contributed by atoms with Crippen LogP contribution < -0.4 is 5.73 Å². The molecule has 0 amide bonds. The molecule has 1 aliphatic heterocycles. The monoisotopic (exact) mass is 207 g/mol. The van der Waals surface area contributed by atoms with Crippen molar-refractivity contribution in [3.63, 3.8) is 0 Å². The van der Waals surface area contributed by atoms with Gasteiger partial charge in [-0.15, -0.1) is 11.8 Å². The second-order valence-corrected chi connectivity index (χ2v) is 5.30. The third-order valence-electron chi connectivity index (χ3n) is 2.83. The second kappa shape index (κ2) is 3.85. The lowest BCUT2D eigenvalue weighted by atomic mass is 9.93. The summed E-state index contributed by atoms with van der Waals surface area (Å²) in [6.45, 7) is 4.38. The number of hydrogen-bond acceptors (Lipinski definition) is 2. The zero-order valence-electron chi connectivity index (χ0n) is 8.79. The maximum atomic E-state index is 5.83. The van der Waals surface area contributed by atoms with Gasteiger partial charge >= 0.3 is 0 Å². The molecule has 0 fully saturated rings. The summed E-state index contributed by atoms with van der Waals surface area (Å²) < 4.78 is 0. The number of allylic oxidation sites excluding steroid dienone is 5. The molecule has 76 valence electrons. The maximum absolute atomic E-state index is 5.83. The fourth-order valence-electron chi connectivity index (χ4n) is 1.91. The Morgan fingerprint density at radius 3 is 2.79 bits per heavy atom. The van der Waals surface area contributed by atoms with Gasteiger partial charge in [0, 0.05) is 17.4 Å². The number of rotatable bonds is 1. The van der Waals surface area contributed by atoms with E-state index >= 15 is 0 Å². The van der Waals surface area contributed by atoms with Crippen LogP contribution in [0.3, 0.4) is 0 Å². The Hall–Kier alpha value is -0.630. The summed E-state index contributed by atoms with van der Waals surface area (Å²) in [5, 5.41) is 0. The van der Waals surface area contributed by atoms with Gasteiger partial charge in [-0.3, -0.25) is 0 Å². The summed E-state index contributed by atoms with van der Waals surface area (Å²) >= 11 is 2.01. The smallest absolute Gasteiger partial charge is 0.0300 e. The van der Waals surface area contributed by atoms with Crippen LogP contribution in [0.25, 0.3) is 0 Å². The van der Waals surface area contributed by atoms with E-state index in [4.69, 9.17) is 5.73 Å². The lowest BCUT2D eigenvalue weighted by Crippen LogP contribution is -2.08. The van der Waals surface area contributed by atoms with Crippen LogP contribution in [0.5, 0.6) is 0 Å². The average Bonchev–Trinajstić information content (AvgIpc) is 2.57. The minimum Gasteiger partial charge on any atom is -0.399 e. The maximum Gasteiger partial charge on any atom is 0.0300 e. The van der Waals surface area contributed by atoms with Crippen molar-refractivity contribution in [3.05, 3.63) is 34.4 Å². The van der Waals surface area contributed by atoms with Gasteiger partial charge in [0.05, 0.1) is 0 Å². The van der Waals surface area contributed by atoms with Crippen LogP contribution in [-0.4, -0.2) is 5.75 Å². The van der Waals surface area contributed by atoms with E-state index in [0.29, 0.717) is 5.92 Å². The van der Waals surface area contributed by atoms with E-state index < -0.39 is 0 Å². The zero-order chi connectivity index (χ0) is 10.1. The van der Waals surface area contributed by atoms with Gasteiger partial charge in [0.15, 0.2) is 0 Å². The number of nitrogens with two attached hydrogens (primary N) is 1. The van der Waals surface area contributed by atoms with Gasteiger partial charge in [0.25, 0.3) is 0 Å². The third kappa shape index (κ3) is 1.90. The first-order chi connectivity index (χ1) is 6.66. The van der Waals surface area contributed by atoms with E-state index in [1.165, 1.54) is 11.3 Å². The summed E-state index contributed by atoms with van der Waals surface area (Å²) in [7, 11) is 0. The molecule has 0 saturated heterocycles. The summed E-state index contributed by atoms with van der Waals surface area (Å²) in [5.74, 6) is 2.59. The molecule has 0 aromatic carbocycles. The molecule has 1 aliphatic carbocycles. The van der Waals surface area contributed by atoms with Crippen LogP contribution in [0.4, 0.5) is 0 Å². The molecule has 0 spiro atoms. The summed E-state index contributed by atoms with van der Waals surface area (Å²) in [6, 6.07) is 0. The molecule has 0 aromatic rings. The Morgan fingerprint density at radius 1 is 1.43 bits per heavy atom. The molecule has 2 aliphatic rings. The van der Waals surface area contributed by atoms with Crippen LogP contribution in [0.1, 0.15) is 20.3 Å². The standard InChI is InChI=1S/C12H17NS/c1-8-5-12(14-7-8)10-3-4-11(13)9(2)6-10/h4-6,8,10H,3,7,13H2,1-2H3. The highest BCUT2D eigenvalue weighted by molar-refractivity contribution is 8.03. The van der Waals surface area contributed by atoms with Crippen molar-refractivity contribution >= 4 is 11.8 Å². The molecule has 2 heteroatoms. The van der Waals surface area contributed by atoms with Crippen molar-refractivity contribution in [1.29, 1.82) is 0 Å². The van der Waals surface area contributed by atoms with E-state index in [1.807, 2.05) is 11.8 Å². The number of thioether (sulfide) groups is 1. The van der Waals surface area contributed by atoms with Crippen molar-refractivity contribution in [3.8, 4) is 0 Å². The predicted octanol–water partition coefficient (Wildman–Crippen LogP) is 3.06. The first-order valence-corrected chi connectivity index (χ1v) is 6.14. The normalized spacial score (nSPS) is 32.3. The highest BCUT2D eigenvalue weighted by Gasteiger charge is 2.21. The summed E-state index contributed by atoms with van der Waals surface area (Å²) in [4.78, 5) is 1.54. The lowest BCUT2D eigenvalue weighted by molar-refractivity contribution is 0.774. The Labute approximate surface area is 90.1 Å². The first kappa shape index (κ1) is 9.91. The number of hydrogen-bond donors (Lipinski definition) is 1. The van der Waals surface area contributed by atoms with E-state index in [1.54, 1.807) is 4.91 Å². The van der Waals surface area contributed by atoms with Gasteiger partial charge in [-0.1, -0.05) is 25.2 Å². The lowest BCUT2D eigenvalue weighted by Gasteiger charge is -2.18. The average molecular weight is 207 g/mol. The van der Waals surface area contributed by atoms with E-state index in [-0.39, 0.29) is 0 Å². The van der Waals surface area contributed by atoms with Crippen molar-refractivity contribution in [2.24, 2.45) is 17.6 Å². The van der Waals surface area contributed by atoms with E-state index in [9.17, 15) is 0 Å². The molecule has 2 rings (SSSR count). The molecular formula is C12H17NS. The fourth-order valence-corrected chi connectivity index (χ4v) is 3.17.